The van der Waals surface area contributed by atoms with E-state index in [-0.39, 0.29) is 28.6 Å². The van der Waals surface area contributed by atoms with E-state index in [0.717, 1.165) is 5.06 Å². The molecule has 0 spiro atoms. The molecule has 4 rings (SSSR count). The molecule has 1 aromatic carbocycles. The van der Waals surface area contributed by atoms with E-state index >= 15 is 0 Å². The van der Waals surface area contributed by atoms with Crippen molar-refractivity contribution in [1.82, 2.24) is 19.2 Å². The van der Waals surface area contributed by atoms with Crippen molar-refractivity contribution in [3.8, 4) is 5.69 Å². The van der Waals surface area contributed by atoms with Crippen molar-refractivity contribution in [1.29, 1.82) is 0 Å². The Morgan fingerprint density at radius 3 is 2.61 bits per heavy atom. The predicted molar refractivity (Wildman–Crippen MR) is 124 cm³/mol. The molecule has 1 aliphatic heterocycles. The molecule has 1 fully saturated rings. The van der Waals surface area contributed by atoms with Crippen LogP contribution in [0.25, 0.3) is 16.7 Å². The van der Waals surface area contributed by atoms with Gasteiger partial charge >= 0.3 is 0 Å². The van der Waals surface area contributed by atoms with Crippen LogP contribution in [0.15, 0.2) is 39.9 Å². The lowest BCUT2D eigenvalue weighted by molar-refractivity contribution is -0.183. The molecular formula is C23H25ClN4O5. The molecule has 0 N–H and O–H groups in total. The average molecular weight is 473 g/mol. The summed E-state index contributed by atoms with van der Waals surface area (Å²) < 4.78 is 8.55. The fraction of sp³-hybridized carbons (Fsp3) is 0.391. The van der Waals surface area contributed by atoms with Crippen molar-refractivity contribution in [2.24, 2.45) is 7.05 Å². The molecule has 0 saturated carbocycles. The highest BCUT2D eigenvalue weighted by atomic mass is 35.5. The van der Waals surface area contributed by atoms with Crippen LogP contribution in [-0.2, 0) is 21.4 Å². The summed E-state index contributed by atoms with van der Waals surface area (Å²) >= 11 is 6.05. The van der Waals surface area contributed by atoms with E-state index < -0.39 is 6.10 Å². The minimum absolute atomic E-state index is 0.250. The molecule has 1 aliphatic rings. The van der Waals surface area contributed by atoms with Gasteiger partial charge < -0.3 is 4.74 Å². The van der Waals surface area contributed by atoms with E-state index in [0.29, 0.717) is 46.9 Å². The second-order valence-electron chi connectivity index (χ2n) is 8.08. The third-order valence-corrected chi connectivity index (χ3v) is 6.41. The zero-order valence-electron chi connectivity index (χ0n) is 18.9. The number of aryl methyl sites for hydroxylation is 1. The van der Waals surface area contributed by atoms with Gasteiger partial charge in [-0.3, -0.25) is 28.4 Å². The summed E-state index contributed by atoms with van der Waals surface area (Å²) in [5.74, 6) is -0.115. The molecule has 9 nitrogen and oxygen atoms in total. The van der Waals surface area contributed by atoms with Gasteiger partial charge in [0.05, 0.1) is 18.2 Å². The van der Waals surface area contributed by atoms with Crippen LogP contribution in [-0.4, -0.2) is 52.0 Å². The molecule has 174 valence electrons. The number of ether oxygens (including phenoxy) is 1. The fourth-order valence-electron chi connectivity index (χ4n) is 4.12. The molecule has 3 heterocycles. The van der Waals surface area contributed by atoms with Crippen molar-refractivity contribution in [2.75, 3.05) is 20.8 Å². The van der Waals surface area contributed by atoms with E-state index in [1.165, 1.54) is 23.3 Å². The van der Waals surface area contributed by atoms with E-state index in [2.05, 4.69) is 4.98 Å². The molecule has 1 amide bonds. The number of carbonyl (C=O) groups is 1. The summed E-state index contributed by atoms with van der Waals surface area (Å²) in [4.78, 5) is 49.0. The maximum atomic E-state index is 13.8. The van der Waals surface area contributed by atoms with Crippen LogP contribution in [0.1, 0.15) is 30.1 Å². The first kappa shape index (κ1) is 23.2. The summed E-state index contributed by atoms with van der Waals surface area (Å²) in [6, 6.07) is 8.41. The number of carbonyl (C=O) groups excluding carboxylic acids is 1. The number of amides is 1. The Balaban J connectivity index is 1.92. The Hall–Kier alpha value is -3.01. The number of aromatic nitrogens is 3. The number of benzene rings is 1. The lowest BCUT2D eigenvalue weighted by Gasteiger charge is -2.30. The number of pyridine rings is 1. The van der Waals surface area contributed by atoms with Crippen LogP contribution in [0.2, 0.25) is 5.02 Å². The van der Waals surface area contributed by atoms with Gasteiger partial charge in [0.25, 0.3) is 17.0 Å². The smallest absolute Gasteiger partial charge is 0.274 e. The summed E-state index contributed by atoms with van der Waals surface area (Å²) in [7, 11) is 4.55. The first-order valence-corrected chi connectivity index (χ1v) is 10.9. The number of likely N-dealkylation sites (N-methyl/N-ethyl adjacent to an activating group) is 1. The number of rotatable bonds is 4. The third kappa shape index (κ3) is 4.19. The van der Waals surface area contributed by atoms with Crippen LogP contribution in [0.3, 0.4) is 0 Å². The van der Waals surface area contributed by atoms with Gasteiger partial charge in [-0.25, -0.2) is 10.0 Å². The molecule has 3 aromatic rings. The molecule has 0 radical (unpaired) electrons. The van der Waals surface area contributed by atoms with Crippen molar-refractivity contribution >= 4 is 28.5 Å². The summed E-state index contributed by atoms with van der Waals surface area (Å²) in [5.41, 5.74) is 0.741. The highest BCUT2D eigenvalue weighted by molar-refractivity contribution is 6.30. The Morgan fingerprint density at radius 1 is 1.24 bits per heavy atom. The maximum absolute atomic E-state index is 13.8. The molecule has 10 heteroatoms. The Bertz CT molecular complexity index is 1330. The normalized spacial score (nSPS) is 18.5. The molecule has 0 unspecified atom stereocenters. The maximum Gasteiger partial charge on any atom is 0.274 e. The van der Waals surface area contributed by atoms with Crippen LogP contribution >= 0.6 is 11.6 Å². The second kappa shape index (κ2) is 9.09. The SMILES string of the molecule is CON(C)C(=O)[C@H]1C[C@@H](c2cc3c(=O)n(C)c(C)nc3n(-c3ccc(Cl)cc3)c2=O)CCO1. The molecule has 2 atom stereocenters. The highest BCUT2D eigenvalue weighted by Gasteiger charge is 2.33. The topological polar surface area (TPSA) is 95.7 Å². The molecule has 33 heavy (non-hydrogen) atoms. The highest BCUT2D eigenvalue weighted by Crippen LogP contribution is 2.30. The first-order valence-electron chi connectivity index (χ1n) is 10.6. The van der Waals surface area contributed by atoms with Crippen molar-refractivity contribution < 1.29 is 14.4 Å². The van der Waals surface area contributed by atoms with E-state index in [4.69, 9.17) is 21.2 Å². The molecule has 2 aromatic heterocycles. The third-order valence-electron chi connectivity index (χ3n) is 6.16. The lowest BCUT2D eigenvalue weighted by Crippen LogP contribution is -2.41. The average Bonchev–Trinajstić information content (AvgIpc) is 2.82. The minimum atomic E-state index is -0.744. The van der Waals surface area contributed by atoms with Crippen LogP contribution in [0, 0.1) is 6.92 Å². The Kier molecular flexibility index (Phi) is 6.38. The number of hydroxylamine groups is 2. The number of hydrogen-bond donors (Lipinski definition) is 0. The zero-order valence-corrected chi connectivity index (χ0v) is 19.6. The van der Waals surface area contributed by atoms with Gasteiger partial charge in [0.1, 0.15) is 11.9 Å². The Labute approximate surface area is 195 Å². The van der Waals surface area contributed by atoms with Crippen molar-refractivity contribution in [2.45, 2.75) is 31.8 Å². The van der Waals surface area contributed by atoms with Gasteiger partial charge in [-0.15, -0.1) is 0 Å². The lowest BCUT2D eigenvalue weighted by atomic mass is 9.88. The summed E-state index contributed by atoms with van der Waals surface area (Å²) in [5, 5.41) is 1.97. The summed E-state index contributed by atoms with van der Waals surface area (Å²) in [6.45, 7) is 2.02. The van der Waals surface area contributed by atoms with Crippen LogP contribution in [0.4, 0.5) is 0 Å². The minimum Gasteiger partial charge on any atom is -0.368 e. The molecule has 0 aliphatic carbocycles. The van der Waals surface area contributed by atoms with Crippen LogP contribution in [0.5, 0.6) is 0 Å². The number of hydrogen-bond acceptors (Lipinski definition) is 6. The second-order valence-corrected chi connectivity index (χ2v) is 8.51. The van der Waals surface area contributed by atoms with Gasteiger partial charge in [-0.05, 0) is 56.0 Å². The summed E-state index contributed by atoms with van der Waals surface area (Å²) in [6.07, 6.45) is 0.0985. The quantitative estimate of drug-likeness (QED) is 0.541. The Morgan fingerprint density at radius 2 is 1.94 bits per heavy atom. The van der Waals surface area contributed by atoms with E-state index in [1.54, 1.807) is 44.3 Å². The van der Waals surface area contributed by atoms with Crippen molar-refractivity contribution in [3.05, 3.63) is 67.4 Å². The van der Waals surface area contributed by atoms with Gasteiger partial charge in [0.15, 0.2) is 5.65 Å². The van der Waals surface area contributed by atoms with Gasteiger partial charge in [-0.2, -0.15) is 0 Å². The van der Waals surface area contributed by atoms with Gasteiger partial charge in [0, 0.05) is 31.3 Å². The molecule has 1 saturated heterocycles. The van der Waals surface area contributed by atoms with Crippen LogP contribution < -0.4 is 11.1 Å². The number of halogens is 1. The van der Waals surface area contributed by atoms with Gasteiger partial charge in [0.2, 0.25) is 0 Å². The van der Waals surface area contributed by atoms with Gasteiger partial charge in [-0.1, -0.05) is 11.6 Å². The van der Waals surface area contributed by atoms with Crippen molar-refractivity contribution in [3.63, 3.8) is 0 Å². The number of fused-ring (bicyclic) bond motifs is 1. The standard InChI is InChI=1S/C23H25ClN4O5/c1-13-25-20-18(21(29)26(13)2)12-17(22(30)28(20)16-7-5-15(24)6-8-16)14-9-10-33-19(11-14)23(31)27(3)32-4/h5-8,12,14,19H,9-11H2,1-4H3/t14-,19+/m0/s1. The zero-order chi connectivity index (χ0) is 23.9. The van der Waals surface area contributed by atoms with E-state index in [9.17, 15) is 14.4 Å². The molecular weight excluding hydrogens is 448 g/mol. The monoisotopic (exact) mass is 472 g/mol. The fourth-order valence-corrected chi connectivity index (χ4v) is 4.24. The predicted octanol–water partition coefficient (Wildman–Crippen LogP) is 2.33. The van der Waals surface area contributed by atoms with E-state index in [1.807, 2.05) is 0 Å². The largest absolute Gasteiger partial charge is 0.368 e. The molecule has 0 bridgehead atoms. The number of nitrogens with zero attached hydrogens (tertiary/aromatic N) is 4. The first-order chi connectivity index (χ1) is 15.7.